The summed E-state index contributed by atoms with van der Waals surface area (Å²) < 4.78 is 24.9. The number of nitrogens with two attached hydrogens (primary N) is 1. The Bertz CT molecular complexity index is 1090. The molecule has 28 heavy (non-hydrogen) atoms. The van der Waals surface area contributed by atoms with Crippen LogP contribution in [0.3, 0.4) is 0 Å². The first-order valence-electron chi connectivity index (χ1n) is 8.79. The van der Waals surface area contributed by atoms with Crippen LogP contribution in [0.15, 0.2) is 77.3 Å². The number of nitrogens with one attached hydrogen (secondary N) is 1. The molecular weight excluding hydrogens is 374 g/mol. The van der Waals surface area contributed by atoms with E-state index in [2.05, 4.69) is 0 Å². The molecule has 3 N–H and O–H groups in total. The van der Waals surface area contributed by atoms with E-state index in [0.717, 1.165) is 0 Å². The fourth-order valence-electron chi connectivity index (χ4n) is 3.05. The second-order valence-corrected chi connectivity index (χ2v) is 8.54. The number of hydrogen-bond donors (Lipinski definition) is 2. The van der Waals surface area contributed by atoms with E-state index in [1.807, 2.05) is 18.2 Å². The lowest BCUT2D eigenvalue weighted by atomic mass is 9.96. The smallest absolute Gasteiger partial charge is 0.260 e. The third-order valence-corrected chi connectivity index (χ3v) is 6.43. The fraction of sp³-hybridized carbons (Fsp3) is 0.143. The van der Waals surface area contributed by atoms with Gasteiger partial charge in [-0.2, -0.15) is 0 Å². The van der Waals surface area contributed by atoms with E-state index >= 15 is 0 Å². The lowest BCUT2D eigenvalue weighted by Gasteiger charge is -2.29. The van der Waals surface area contributed by atoms with Gasteiger partial charge in [0.25, 0.3) is 5.91 Å². The summed E-state index contributed by atoms with van der Waals surface area (Å²) in [5, 5.41) is 8.37. The molecule has 0 spiro atoms. The van der Waals surface area contributed by atoms with Gasteiger partial charge in [-0.3, -0.25) is 15.1 Å². The summed E-state index contributed by atoms with van der Waals surface area (Å²) in [5.74, 6) is -0.472. The van der Waals surface area contributed by atoms with E-state index < -0.39 is 9.84 Å². The lowest BCUT2D eigenvalue weighted by molar-refractivity contribution is -0.122. The van der Waals surface area contributed by atoms with E-state index in [4.69, 9.17) is 11.1 Å². The van der Waals surface area contributed by atoms with Crippen molar-refractivity contribution in [3.63, 3.8) is 0 Å². The van der Waals surface area contributed by atoms with Crippen LogP contribution in [-0.2, 0) is 21.2 Å². The Morgan fingerprint density at radius 2 is 1.71 bits per heavy atom. The molecule has 144 valence electrons. The van der Waals surface area contributed by atoms with Gasteiger partial charge in [0.05, 0.1) is 17.2 Å². The highest BCUT2D eigenvalue weighted by molar-refractivity contribution is 7.91. The third kappa shape index (κ3) is 3.61. The third-order valence-electron chi connectivity index (χ3n) is 4.60. The van der Waals surface area contributed by atoms with Crippen LogP contribution >= 0.6 is 0 Å². The second kappa shape index (κ2) is 7.82. The van der Waals surface area contributed by atoms with Crippen molar-refractivity contribution in [3.05, 3.63) is 83.6 Å². The molecule has 2 aromatic carbocycles. The van der Waals surface area contributed by atoms with E-state index in [1.54, 1.807) is 43.3 Å². The summed E-state index contributed by atoms with van der Waals surface area (Å²) in [5.41, 5.74) is 7.65. The maximum Gasteiger partial charge on any atom is 0.260 e. The standard InChI is InChI=1S/C21H21N3O3S/c1-2-28(26,27)19-11-7-6-10-16(19)14-24-20(23)17(13-22)12-18(21(24)25)15-8-4-3-5-9-15/h3-13,23H,2,14,22H2,1H3/b17-13-,23-20?. The number of carbonyl (C=O) groups excluding carboxylic acids is 1. The first-order chi connectivity index (χ1) is 13.4. The van der Waals surface area contributed by atoms with Gasteiger partial charge in [0.15, 0.2) is 9.84 Å². The van der Waals surface area contributed by atoms with Crippen molar-refractivity contribution in [2.75, 3.05) is 5.75 Å². The summed E-state index contributed by atoms with van der Waals surface area (Å²) in [6.07, 6.45) is 2.87. The van der Waals surface area contributed by atoms with Crippen LogP contribution in [0.2, 0.25) is 0 Å². The number of carbonyl (C=O) groups is 1. The van der Waals surface area contributed by atoms with Crippen LogP contribution in [0.25, 0.3) is 5.57 Å². The molecule has 2 aromatic rings. The van der Waals surface area contributed by atoms with E-state index in [9.17, 15) is 13.2 Å². The Morgan fingerprint density at radius 3 is 2.36 bits per heavy atom. The normalized spacial score (nSPS) is 16.4. The molecule has 0 saturated carbocycles. The first-order valence-corrected chi connectivity index (χ1v) is 10.4. The summed E-state index contributed by atoms with van der Waals surface area (Å²) >= 11 is 0. The average molecular weight is 395 g/mol. The molecule has 1 heterocycles. The number of hydrogen-bond acceptors (Lipinski definition) is 5. The van der Waals surface area contributed by atoms with Gasteiger partial charge in [0, 0.05) is 17.3 Å². The first kappa shape index (κ1) is 19.6. The molecule has 0 bridgehead atoms. The zero-order valence-electron chi connectivity index (χ0n) is 15.4. The van der Waals surface area contributed by atoms with Crippen molar-refractivity contribution < 1.29 is 13.2 Å². The molecule has 0 radical (unpaired) electrons. The number of sulfone groups is 1. The highest BCUT2D eigenvalue weighted by atomic mass is 32.2. The van der Waals surface area contributed by atoms with Crippen LogP contribution in [0.1, 0.15) is 18.1 Å². The van der Waals surface area contributed by atoms with E-state index in [0.29, 0.717) is 22.3 Å². The zero-order valence-corrected chi connectivity index (χ0v) is 16.2. The average Bonchev–Trinajstić information content (AvgIpc) is 2.72. The van der Waals surface area contributed by atoms with Gasteiger partial charge in [-0.05, 0) is 23.3 Å². The van der Waals surface area contributed by atoms with Crippen molar-refractivity contribution in [3.8, 4) is 0 Å². The van der Waals surface area contributed by atoms with E-state index in [-0.39, 0.29) is 28.9 Å². The molecular formula is C21H21N3O3S. The van der Waals surface area contributed by atoms with Gasteiger partial charge in [-0.15, -0.1) is 0 Å². The van der Waals surface area contributed by atoms with Crippen LogP contribution < -0.4 is 5.73 Å². The SMILES string of the molecule is CCS(=O)(=O)c1ccccc1CN1C(=N)/C(=C\N)C=C(c2ccccc2)C1=O. The zero-order chi connectivity index (χ0) is 20.3. The molecule has 1 aliphatic rings. The minimum absolute atomic E-state index is 0.0332. The minimum Gasteiger partial charge on any atom is -0.404 e. The number of amidine groups is 1. The Labute approximate surface area is 164 Å². The molecule has 0 atom stereocenters. The number of amides is 1. The predicted molar refractivity (Wildman–Crippen MR) is 109 cm³/mol. The molecule has 1 amide bonds. The number of nitrogens with zero attached hydrogens (tertiary/aromatic N) is 1. The monoisotopic (exact) mass is 395 g/mol. The van der Waals surface area contributed by atoms with Crippen LogP contribution in [0, 0.1) is 5.41 Å². The van der Waals surface area contributed by atoms with Crippen molar-refractivity contribution in [1.82, 2.24) is 4.90 Å². The van der Waals surface area contributed by atoms with Crippen molar-refractivity contribution >= 4 is 27.2 Å². The lowest BCUT2D eigenvalue weighted by Crippen LogP contribution is -2.40. The number of benzene rings is 2. The maximum atomic E-state index is 13.1. The highest BCUT2D eigenvalue weighted by Gasteiger charge is 2.31. The van der Waals surface area contributed by atoms with Crippen LogP contribution in [0.5, 0.6) is 0 Å². The van der Waals surface area contributed by atoms with Crippen LogP contribution in [-0.4, -0.2) is 30.8 Å². The molecule has 7 heteroatoms. The Morgan fingerprint density at radius 1 is 1.07 bits per heavy atom. The second-order valence-electron chi connectivity index (χ2n) is 6.30. The molecule has 6 nitrogen and oxygen atoms in total. The van der Waals surface area contributed by atoms with Crippen molar-refractivity contribution in [2.45, 2.75) is 18.4 Å². The van der Waals surface area contributed by atoms with Gasteiger partial charge < -0.3 is 5.73 Å². The molecule has 0 saturated heterocycles. The van der Waals surface area contributed by atoms with Gasteiger partial charge in [-0.1, -0.05) is 55.5 Å². The van der Waals surface area contributed by atoms with Crippen LogP contribution in [0.4, 0.5) is 0 Å². The minimum atomic E-state index is -3.46. The molecule has 0 fully saturated rings. The summed E-state index contributed by atoms with van der Waals surface area (Å²) in [4.78, 5) is 14.6. The fourth-order valence-corrected chi connectivity index (χ4v) is 4.18. The topological polar surface area (TPSA) is 104 Å². The molecule has 0 aromatic heterocycles. The van der Waals surface area contributed by atoms with Gasteiger partial charge in [-0.25, -0.2) is 8.42 Å². The van der Waals surface area contributed by atoms with Gasteiger partial charge >= 0.3 is 0 Å². The Hall–Kier alpha value is -3.19. The Kier molecular flexibility index (Phi) is 5.46. The maximum absolute atomic E-state index is 13.1. The van der Waals surface area contributed by atoms with Crippen molar-refractivity contribution in [1.29, 1.82) is 5.41 Å². The number of rotatable bonds is 5. The van der Waals surface area contributed by atoms with E-state index in [1.165, 1.54) is 17.2 Å². The van der Waals surface area contributed by atoms with Crippen molar-refractivity contribution in [2.24, 2.45) is 5.73 Å². The van der Waals surface area contributed by atoms with Gasteiger partial charge in [0.1, 0.15) is 5.84 Å². The highest BCUT2D eigenvalue weighted by Crippen LogP contribution is 2.28. The summed E-state index contributed by atoms with van der Waals surface area (Å²) in [6, 6.07) is 15.7. The summed E-state index contributed by atoms with van der Waals surface area (Å²) in [7, 11) is -3.46. The van der Waals surface area contributed by atoms with Gasteiger partial charge in [0.2, 0.25) is 0 Å². The largest absolute Gasteiger partial charge is 0.404 e. The Balaban J connectivity index is 2.05. The summed E-state index contributed by atoms with van der Waals surface area (Å²) in [6.45, 7) is 1.54. The molecule has 3 rings (SSSR count). The molecule has 1 aliphatic heterocycles. The quantitative estimate of drug-likeness (QED) is 0.812. The predicted octanol–water partition coefficient (Wildman–Crippen LogP) is 2.73. The molecule has 0 unspecified atom stereocenters. The molecule has 0 aliphatic carbocycles.